The van der Waals surface area contributed by atoms with Crippen LogP contribution < -0.4 is 10.1 Å². The number of hydrogen-bond donors (Lipinski definition) is 1. The molecule has 0 unspecified atom stereocenters. The summed E-state index contributed by atoms with van der Waals surface area (Å²) in [5.74, 6) is 1.05. The molecule has 1 aliphatic heterocycles. The molecule has 1 fully saturated rings. The van der Waals surface area contributed by atoms with Gasteiger partial charge in [-0.1, -0.05) is 0 Å². The molecule has 1 aliphatic rings. The first-order chi connectivity index (χ1) is 11.5. The third-order valence-electron chi connectivity index (χ3n) is 3.97. The molecule has 1 aromatic rings. The van der Waals surface area contributed by atoms with Crippen molar-refractivity contribution in [3.05, 3.63) is 24.3 Å². The summed E-state index contributed by atoms with van der Waals surface area (Å²) in [5.41, 5.74) is 0.973. The predicted octanol–water partition coefficient (Wildman–Crippen LogP) is 1.97. The van der Waals surface area contributed by atoms with E-state index < -0.39 is 0 Å². The van der Waals surface area contributed by atoms with Crippen LogP contribution in [0.15, 0.2) is 24.3 Å². The van der Waals surface area contributed by atoms with Gasteiger partial charge in [0, 0.05) is 51.8 Å². The fourth-order valence-corrected chi connectivity index (χ4v) is 2.67. The number of nitrogens with zero attached hydrogens (tertiary/aromatic N) is 2. The minimum atomic E-state index is 0.0775. The smallest absolute Gasteiger partial charge is 0.224 e. The van der Waals surface area contributed by atoms with E-state index in [1.54, 1.807) is 11.8 Å². The number of carbonyl (C=O) groups excluding carboxylic acids is 2. The van der Waals surface area contributed by atoms with Gasteiger partial charge in [-0.2, -0.15) is 0 Å². The Balaban J connectivity index is 1.70. The standard InChI is InChI=1S/C18H27N3O3/c1-14(2)24-17-6-4-16(5-7-17)19-9-8-18(23)21-12-10-20(11-13-21)15(3)22/h4-7,14,19H,8-13H2,1-3H3. The summed E-state index contributed by atoms with van der Waals surface area (Å²) >= 11 is 0. The molecule has 0 radical (unpaired) electrons. The van der Waals surface area contributed by atoms with Crippen molar-refractivity contribution in [3.8, 4) is 5.75 Å². The average molecular weight is 333 g/mol. The Hall–Kier alpha value is -2.24. The first kappa shape index (κ1) is 18.1. The molecule has 2 amide bonds. The summed E-state index contributed by atoms with van der Waals surface area (Å²) in [7, 11) is 0. The van der Waals surface area contributed by atoms with E-state index in [-0.39, 0.29) is 17.9 Å². The average Bonchev–Trinajstić information content (AvgIpc) is 2.56. The molecule has 0 spiro atoms. The second-order valence-corrected chi connectivity index (χ2v) is 6.25. The molecule has 1 heterocycles. The maximum atomic E-state index is 12.2. The second-order valence-electron chi connectivity index (χ2n) is 6.25. The largest absolute Gasteiger partial charge is 0.491 e. The van der Waals surface area contributed by atoms with E-state index in [1.807, 2.05) is 43.0 Å². The van der Waals surface area contributed by atoms with Crippen LogP contribution in [-0.4, -0.2) is 60.4 Å². The van der Waals surface area contributed by atoms with Gasteiger partial charge in [0.1, 0.15) is 5.75 Å². The fourth-order valence-electron chi connectivity index (χ4n) is 2.67. The Bertz CT molecular complexity index is 549. The SMILES string of the molecule is CC(=O)N1CCN(C(=O)CCNc2ccc(OC(C)C)cc2)CC1. The maximum absolute atomic E-state index is 12.2. The summed E-state index contributed by atoms with van der Waals surface area (Å²) in [6.45, 7) is 8.66. The third-order valence-corrected chi connectivity index (χ3v) is 3.97. The van der Waals surface area contributed by atoms with Crippen LogP contribution >= 0.6 is 0 Å². The van der Waals surface area contributed by atoms with Crippen LogP contribution in [-0.2, 0) is 9.59 Å². The molecule has 0 aliphatic carbocycles. The van der Waals surface area contributed by atoms with E-state index in [4.69, 9.17) is 4.74 Å². The normalized spacial score (nSPS) is 14.7. The topological polar surface area (TPSA) is 61.9 Å². The van der Waals surface area contributed by atoms with Gasteiger partial charge in [0.15, 0.2) is 0 Å². The van der Waals surface area contributed by atoms with Crippen molar-refractivity contribution in [2.75, 3.05) is 38.0 Å². The summed E-state index contributed by atoms with van der Waals surface area (Å²) in [6.07, 6.45) is 0.606. The van der Waals surface area contributed by atoms with Crippen LogP contribution in [0.5, 0.6) is 5.75 Å². The Morgan fingerprint density at radius 1 is 1.08 bits per heavy atom. The molecule has 2 rings (SSSR count). The van der Waals surface area contributed by atoms with Gasteiger partial charge >= 0.3 is 0 Å². The molecule has 6 heteroatoms. The molecule has 24 heavy (non-hydrogen) atoms. The predicted molar refractivity (Wildman–Crippen MR) is 94.1 cm³/mol. The van der Waals surface area contributed by atoms with Gasteiger partial charge in [-0.3, -0.25) is 9.59 Å². The lowest BCUT2D eigenvalue weighted by atomic mass is 10.2. The number of benzene rings is 1. The molecule has 0 atom stereocenters. The molecule has 132 valence electrons. The van der Waals surface area contributed by atoms with Crippen molar-refractivity contribution in [1.29, 1.82) is 0 Å². The molecular formula is C18H27N3O3. The van der Waals surface area contributed by atoms with Gasteiger partial charge in [0.05, 0.1) is 6.10 Å². The van der Waals surface area contributed by atoms with E-state index in [0.717, 1.165) is 11.4 Å². The van der Waals surface area contributed by atoms with Gasteiger partial charge in [0.2, 0.25) is 11.8 Å². The van der Waals surface area contributed by atoms with Crippen LogP contribution in [0.4, 0.5) is 5.69 Å². The molecule has 0 bridgehead atoms. The molecule has 1 aromatic carbocycles. The monoisotopic (exact) mass is 333 g/mol. The van der Waals surface area contributed by atoms with Crippen LogP contribution in [0.1, 0.15) is 27.2 Å². The fraction of sp³-hybridized carbons (Fsp3) is 0.556. The zero-order valence-corrected chi connectivity index (χ0v) is 14.7. The first-order valence-corrected chi connectivity index (χ1v) is 8.49. The highest BCUT2D eigenvalue weighted by molar-refractivity contribution is 5.78. The molecule has 0 aromatic heterocycles. The number of anilines is 1. The number of hydrogen-bond acceptors (Lipinski definition) is 4. The number of rotatable bonds is 6. The Morgan fingerprint density at radius 3 is 2.21 bits per heavy atom. The lowest BCUT2D eigenvalue weighted by Gasteiger charge is -2.34. The van der Waals surface area contributed by atoms with E-state index in [9.17, 15) is 9.59 Å². The first-order valence-electron chi connectivity index (χ1n) is 8.49. The number of nitrogens with one attached hydrogen (secondary N) is 1. The lowest BCUT2D eigenvalue weighted by molar-refractivity contribution is -0.138. The lowest BCUT2D eigenvalue weighted by Crippen LogP contribution is -2.50. The van der Waals surface area contributed by atoms with E-state index >= 15 is 0 Å². The highest BCUT2D eigenvalue weighted by atomic mass is 16.5. The van der Waals surface area contributed by atoms with Crippen LogP contribution in [0.25, 0.3) is 0 Å². The van der Waals surface area contributed by atoms with Crippen LogP contribution in [0.2, 0.25) is 0 Å². The quantitative estimate of drug-likeness (QED) is 0.864. The Kier molecular flexibility index (Phi) is 6.46. The third kappa shape index (κ3) is 5.44. The van der Waals surface area contributed by atoms with Gasteiger partial charge in [-0.05, 0) is 38.1 Å². The highest BCUT2D eigenvalue weighted by Crippen LogP contribution is 2.17. The van der Waals surface area contributed by atoms with Crippen molar-refractivity contribution in [3.63, 3.8) is 0 Å². The number of piperazine rings is 1. The van der Waals surface area contributed by atoms with E-state index in [0.29, 0.717) is 39.1 Å². The Labute approximate surface area is 143 Å². The molecular weight excluding hydrogens is 306 g/mol. The number of ether oxygens (including phenoxy) is 1. The minimum Gasteiger partial charge on any atom is -0.491 e. The molecule has 1 saturated heterocycles. The second kappa shape index (κ2) is 8.57. The van der Waals surface area contributed by atoms with Crippen molar-refractivity contribution >= 4 is 17.5 Å². The summed E-state index contributed by atoms with van der Waals surface area (Å²) in [5, 5.41) is 3.25. The van der Waals surface area contributed by atoms with Crippen molar-refractivity contribution in [2.45, 2.75) is 33.3 Å². The number of carbonyl (C=O) groups is 2. The summed E-state index contributed by atoms with van der Waals surface area (Å²) in [4.78, 5) is 27.1. The van der Waals surface area contributed by atoms with Gasteiger partial charge in [-0.15, -0.1) is 0 Å². The maximum Gasteiger partial charge on any atom is 0.224 e. The van der Waals surface area contributed by atoms with E-state index in [2.05, 4.69) is 5.32 Å². The van der Waals surface area contributed by atoms with Crippen LogP contribution in [0.3, 0.4) is 0 Å². The van der Waals surface area contributed by atoms with Crippen LogP contribution in [0, 0.1) is 0 Å². The Morgan fingerprint density at radius 2 is 1.67 bits per heavy atom. The molecule has 6 nitrogen and oxygen atoms in total. The van der Waals surface area contributed by atoms with E-state index in [1.165, 1.54) is 0 Å². The van der Waals surface area contributed by atoms with Crippen molar-refractivity contribution in [2.24, 2.45) is 0 Å². The summed E-state index contributed by atoms with van der Waals surface area (Å²) in [6, 6.07) is 7.75. The zero-order chi connectivity index (χ0) is 17.5. The summed E-state index contributed by atoms with van der Waals surface area (Å²) < 4.78 is 5.60. The number of amides is 2. The molecule has 1 N–H and O–H groups in total. The minimum absolute atomic E-state index is 0.0775. The van der Waals surface area contributed by atoms with Gasteiger partial charge < -0.3 is 19.9 Å². The zero-order valence-electron chi connectivity index (χ0n) is 14.7. The van der Waals surface area contributed by atoms with Crippen molar-refractivity contribution < 1.29 is 14.3 Å². The van der Waals surface area contributed by atoms with Gasteiger partial charge in [0.25, 0.3) is 0 Å². The molecule has 0 saturated carbocycles. The van der Waals surface area contributed by atoms with Crippen molar-refractivity contribution in [1.82, 2.24) is 9.80 Å². The van der Waals surface area contributed by atoms with Gasteiger partial charge in [-0.25, -0.2) is 0 Å². The highest BCUT2D eigenvalue weighted by Gasteiger charge is 2.21.